The van der Waals surface area contributed by atoms with E-state index in [0.717, 1.165) is 11.3 Å². The molecule has 1 aromatic heterocycles. The van der Waals surface area contributed by atoms with Crippen molar-refractivity contribution in [2.75, 3.05) is 6.61 Å². The largest absolute Gasteiger partial charge is 0.457 e. The minimum atomic E-state index is -2.20. The second-order valence-electron chi connectivity index (χ2n) is 13.9. The van der Waals surface area contributed by atoms with Gasteiger partial charge in [0.2, 0.25) is 0 Å². The third kappa shape index (κ3) is 13.4. The molecule has 0 saturated heterocycles. The lowest BCUT2D eigenvalue weighted by molar-refractivity contribution is -0.225. The third-order valence-corrected chi connectivity index (χ3v) is 13.1. The van der Waals surface area contributed by atoms with Crippen LogP contribution in [0.25, 0.3) is 0 Å². The normalized spacial score (nSPS) is 18.3. The van der Waals surface area contributed by atoms with E-state index in [4.69, 9.17) is 18.6 Å². The van der Waals surface area contributed by atoms with E-state index in [0.29, 0.717) is 19.4 Å². The van der Waals surface area contributed by atoms with Crippen LogP contribution in [0, 0.1) is 5.92 Å². The zero-order valence-corrected chi connectivity index (χ0v) is 30.3. The van der Waals surface area contributed by atoms with Gasteiger partial charge in [-0.2, -0.15) is 0 Å². The molecule has 8 heteroatoms. The minimum absolute atomic E-state index is 0.0265. The predicted octanol–water partition coefficient (Wildman–Crippen LogP) is 8.35. The van der Waals surface area contributed by atoms with E-state index in [1.54, 1.807) is 13.1 Å². The van der Waals surface area contributed by atoms with Gasteiger partial charge in [0.25, 0.3) is 0 Å². The molecule has 43 heavy (non-hydrogen) atoms. The molecule has 0 fully saturated rings. The van der Waals surface area contributed by atoms with Crippen LogP contribution < -0.4 is 0 Å². The van der Waals surface area contributed by atoms with Crippen LogP contribution in [0.5, 0.6) is 0 Å². The lowest BCUT2D eigenvalue weighted by Crippen LogP contribution is -2.47. The highest BCUT2D eigenvalue weighted by molar-refractivity contribution is 6.74. The summed E-state index contributed by atoms with van der Waals surface area (Å²) in [5.74, 6) is -0.0109. The molecule has 0 saturated carbocycles. The molecule has 1 aromatic rings. The number of rotatable bonds is 18. The van der Waals surface area contributed by atoms with Gasteiger partial charge in [0, 0.05) is 24.4 Å². The van der Waals surface area contributed by atoms with E-state index in [2.05, 4.69) is 65.7 Å². The van der Waals surface area contributed by atoms with Crippen LogP contribution in [-0.2, 0) is 23.4 Å². The Kier molecular flexibility index (Phi) is 16.0. The smallest absolute Gasteiger partial charge is 0.308 e. The number of hydrogen-bond acceptors (Lipinski definition) is 7. The summed E-state index contributed by atoms with van der Waals surface area (Å²) in [6, 6.07) is 5.92. The molecular formula is C35H61NO6Si. The number of ether oxygens (including phenoxy) is 3. The van der Waals surface area contributed by atoms with Gasteiger partial charge in [-0.25, -0.2) is 0 Å². The standard InChI is InChI=1S/C35H61NO6Si/c1-14-39-29(7)41-35(11,28(6)37)22-21-30(42-43(12,13)34(8,9)10)24-32(38)40-33(25(2)3)27(5)19-17-18-26(4)31-20-15-16-23-36-31/h15-20,23,25-26,28-30,33,37H,14,21-22,24H2,1-13H3. The van der Waals surface area contributed by atoms with Crippen LogP contribution in [0.15, 0.2) is 48.2 Å². The Bertz CT molecular complexity index is 1020. The monoisotopic (exact) mass is 619 g/mol. The highest BCUT2D eigenvalue weighted by Crippen LogP contribution is 2.39. The number of hydrogen-bond donors (Lipinski definition) is 1. The van der Waals surface area contributed by atoms with Crippen molar-refractivity contribution in [3.05, 3.63) is 53.9 Å². The summed E-state index contributed by atoms with van der Waals surface area (Å²) in [6.07, 6.45) is 7.19. The van der Waals surface area contributed by atoms with Crippen LogP contribution in [0.4, 0.5) is 0 Å². The molecule has 6 atom stereocenters. The molecule has 1 rings (SSSR count). The summed E-state index contributed by atoms with van der Waals surface area (Å²) in [5.41, 5.74) is 1.13. The molecule has 1 N–H and O–H groups in total. The molecule has 1 heterocycles. The van der Waals surface area contributed by atoms with Gasteiger partial charge < -0.3 is 23.7 Å². The predicted molar refractivity (Wildman–Crippen MR) is 178 cm³/mol. The lowest BCUT2D eigenvalue weighted by atomic mass is 9.91. The quantitative estimate of drug-likeness (QED) is 0.0765. The number of aliphatic hydroxyl groups is 1. The van der Waals surface area contributed by atoms with Gasteiger partial charge in [-0.1, -0.05) is 65.8 Å². The first-order valence-corrected chi connectivity index (χ1v) is 18.8. The van der Waals surface area contributed by atoms with Crippen LogP contribution in [-0.4, -0.2) is 61.2 Å². The first kappa shape index (κ1) is 39.2. The summed E-state index contributed by atoms with van der Waals surface area (Å²) in [5, 5.41) is 10.6. The van der Waals surface area contributed by atoms with Gasteiger partial charge in [-0.15, -0.1) is 0 Å². The number of pyridine rings is 1. The topological polar surface area (TPSA) is 87.1 Å². The van der Waals surface area contributed by atoms with Crippen LogP contribution in [0.2, 0.25) is 18.1 Å². The van der Waals surface area contributed by atoms with Crippen molar-refractivity contribution in [2.45, 2.75) is 150 Å². The molecule has 0 aliphatic heterocycles. The molecule has 6 unspecified atom stereocenters. The van der Waals surface area contributed by atoms with Gasteiger partial charge in [-0.05, 0) is 89.2 Å². The van der Waals surface area contributed by atoms with Crippen molar-refractivity contribution in [3.63, 3.8) is 0 Å². The maximum Gasteiger partial charge on any atom is 0.308 e. The second-order valence-corrected chi connectivity index (χ2v) is 18.6. The van der Waals surface area contributed by atoms with Gasteiger partial charge in [0.15, 0.2) is 14.6 Å². The number of aliphatic hydroxyl groups excluding tert-OH is 1. The summed E-state index contributed by atoms with van der Waals surface area (Å²) in [7, 11) is -2.20. The summed E-state index contributed by atoms with van der Waals surface area (Å²) in [6.45, 7) is 27.0. The first-order chi connectivity index (χ1) is 19.8. The van der Waals surface area contributed by atoms with Crippen LogP contribution in [0.3, 0.4) is 0 Å². The molecule has 0 bridgehead atoms. The summed E-state index contributed by atoms with van der Waals surface area (Å²) < 4.78 is 24.6. The zero-order chi connectivity index (χ0) is 33.0. The Hall–Kier alpha value is -1.84. The van der Waals surface area contributed by atoms with E-state index in [1.807, 2.05) is 58.0 Å². The van der Waals surface area contributed by atoms with E-state index >= 15 is 0 Å². The van der Waals surface area contributed by atoms with E-state index in [-0.39, 0.29) is 41.5 Å². The van der Waals surface area contributed by atoms with Gasteiger partial charge in [0.1, 0.15) is 6.10 Å². The summed E-state index contributed by atoms with van der Waals surface area (Å²) >= 11 is 0. The maximum atomic E-state index is 13.5. The van der Waals surface area contributed by atoms with Crippen LogP contribution in [0.1, 0.15) is 107 Å². The molecule has 0 amide bonds. The number of esters is 1. The Morgan fingerprint density at radius 3 is 2.26 bits per heavy atom. The highest BCUT2D eigenvalue weighted by Gasteiger charge is 2.41. The lowest BCUT2D eigenvalue weighted by Gasteiger charge is -2.41. The third-order valence-electron chi connectivity index (χ3n) is 8.57. The summed E-state index contributed by atoms with van der Waals surface area (Å²) in [4.78, 5) is 17.9. The maximum absolute atomic E-state index is 13.5. The Labute approximate surface area is 263 Å². The Morgan fingerprint density at radius 1 is 1.09 bits per heavy atom. The van der Waals surface area contributed by atoms with Crippen molar-refractivity contribution >= 4 is 14.3 Å². The Morgan fingerprint density at radius 2 is 1.74 bits per heavy atom. The van der Waals surface area contributed by atoms with Crippen LogP contribution >= 0.6 is 0 Å². The van der Waals surface area contributed by atoms with Gasteiger partial charge >= 0.3 is 5.97 Å². The van der Waals surface area contributed by atoms with Crippen molar-refractivity contribution in [3.8, 4) is 0 Å². The highest BCUT2D eigenvalue weighted by atomic mass is 28.4. The minimum Gasteiger partial charge on any atom is -0.457 e. The zero-order valence-electron chi connectivity index (χ0n) is 29.3. The number of carbonyl (C=O) groups excluding carboxylic acids is 1. The average molecular weight is 620 g/mol. The molecule has 0 aliphatic carbocycles. The molecule has 7 nitrogen and oxygen atoms in total. The number of aromatic nitrogens is 1. The van der Waals surface area contributed by atoms with Gasteiger partial charge in [-0.3, -0.25) is 9.78 Å². The van der Waals surface area contributed by atoms with Crippen molar-refractivity contribution in [2.24, 2.45) is 5.92 Å². The number of nitrogens with zero attached hydrogens (tertiary/aromatic N) is 1. The van der Waals surface area contributed by atoms with Crippen molar-refractivity contribution in [1.29, 1.82) is 0 Å². The molecule has 0 radical (unpaired) electrons. The fourth-order valence-electron chi connectivity index (χ4n) is 4.60. The SMILES string of the molecule is CCOC(C)OC(C)(CCC(CC(=O)OC(C(C)=CC=CC(C)c1ccccn1)C(C)C)O[Si](C)(C)C(C)(C)C)C(C)O. The molecule has 246 valence electrons. The van der Waals surface area contributed by atoms with Gasteiger partial charge in [0.05, 0.1) is 24.2 Å². The average Bonchev–Trinajstić information content (AvgIpc) is 2.89. The molecule has 0 aliphatic rings. The van der Waals surface area contributed by atoms with E-state index in [1.165, 1.54) is 0 Å². The molecular weight excluding hydrogens is 558 g/mol. The number of carbonyl (C=O) groups is 1. The first-order valence-electron chi connectivity index (χ1n) is 15.9. The fraction of sp³-hybridized carbons (Fsp3) is 0.714. The van der Waals surface area contributed by atoms with Crippen molar-refractivity contribution < 1.29 is 28.5 Å². The van der Waals surface area contributed by atoms with E-state index in [9.17, 15) is 9.90 Å². The fourth-order valence-corrected chi connectivity index (χ4v) is 5.99. The number of allylic oxidation sites excluding steroid dienone is 3. The second kappa shape index (κ2) is 17.6. The molecule has 0 aromatic carbocycles. The molecule has 0 spiro atoms. The van der Waals surface area contributed by atoms with Crippen molar-refractivity contribution in [1.82, 2.24) is 4.98 Å². The Balaban J connectivity index is 3.09. The van der Waals surface area contributed by atoms with E-state index < -0.39 is 26.3 Å².